The van der Waals surface area contributed by atoms with Gasteiger partial charge in [-0.25, -0.2) is 0 Å². The number of para-hydroxylation sites is 1. The molecule has 1 unspecified atom stereocenters. The maximum atomic E-state index is 3.74. The van der Waals surface area contributed by atoms with Crippen LogP contribution in [0.3, 0.4) is 0 Å². The summed E-state index contributed by atoms with van der Waals surface area (Å²) in [5.41, 5.74) is 4.17. The summed E-state index contributed by atoms with van der Waals surface area (Å²) in [6.45, 7) is 0. The molecule has 0 aliphatic heterocycles. The van der Waals surface area contributed by atoms with E-state index in [9.17, 15) is 0 Å². The van der Waals surface area contributed by atoms with E-state index in [4.69, 9.17) is 0 Å². The second-order valence-corrected chi connectivity index (χ2v) is 27.1. The van der Waals surface area contributed by atoms with Crippen LogP contribution in [0, 0.1) is 0 Å². The first-order chi connectivity index (χ1) is 10.4. The average Bonchev–Trinajstić information content (AvgIpc) is 3.12. The summed E-state index contributed by atoms with van der Waals surface area (Å²) in [5.74, 6) is 0. The van der Waals surface area contributed by atoms with Crippen molar-refractivity contribution < 1.29 is 14.0 Å². The van der Waals surface area contributed by atoms with Crippen LogP contribution in [0.1, 0.15) is 15.3 Å². The van der Waals surface area contributed by atoms with Gasteiger partial charge >= 0.3 is 134 Å². The number of nitrogens with one attached hydrogen (secondary N) is 1. The summed E-state index contributed by atoms with van der Waals surface area (Å²) >= 11 is -2.88. The number of aromatic amines is 1. The van der Waals surface area contributed by atoms with Gasteiger partial charge < -0.3 is 0 Å². The van der Waals surface area contributed by atoms with Crippen molar-refractivity contribution in [2.45, 2.75) is 14.7 Å². The third-order valence-corrected chi connectivity index (χ3v) is 15.7. The van der Waals surface area contributed by atoms with E-state index in [2.05, 4.69) is 89.8 Å². The monoisotopic (exact) mass is 411 g/mol. The number of halogens is 2. The molecule has 1 heterocycles. The van der Waals surface area contributed by atoms with Crippen molar-refractivity contribution in [1.82, 2.24) is 4.98 Å². The first kappa shape index (κ1) is 19.6. The molecule has 126 valence electrons. The van der Waals surface area contributed by atoms with Crippen molar-refractivity contribution in [2.24, 2.45) is 0 Å². The molecule has 1 nitrogen and oxygen atoms in total. The fourth-order valence-electron chi connectivity index (χ4n) is 3.74. The van der Waals surface area contributed by atoms with Crippen molar-refractivity contribution >= 4 is 53.4 Å². The van der Waals surface area contributed by atoms with Crippen molar-refractivity contribution in [3.05, 3.63) is 71.8 Å². The molecule has 0 fully saturated rings. The second-order valence-electron chi connectivity index (χ2n) is 7.55. The Bertz CT molecular complexity index is 951. The minimum absolute atomic E-state index is 0. The van der Waals surface area contributed by atoms with Gasteiger partial charge in [0, 0.05) is 0 Å². The van der Waals surface area contributed by atoms with E-state index < -0.39 is 14.0 Å². The van der Waals surface area contributed by atoms with Crippen molar-refractivity contribution in [1.29, 1.82) is 0 Å². The van der Waals surface area contributed by atoms with Crippen molar-refractivity contribution in [2.75, 3.05) is 0 Å². The first-order valence-electron chi connectivity index (χ1n) is 7.87. The minimum atomic E-state index is -2.88. The summed E-state index contributed by atoms with van der Waals surface area (Å²) in [5, 5.41) is 6.44. The first-order valence-corrected chi connectivity index (χ1v) is 16.7. The molecule has 1 aromatic heterocycles. The fourth-order valence-corrected chi connectivity index (χ4v) is 11.4. The van der Waals surface area contributed by atoms with Gasteiger partial charge in [-0.05, 0) is 0 Å². The number of benzene rings is 2. The Morgan fingerprint density at radius 3 is 2.38 bits per heavy atom. The summed E-state index contributed by atoms with van der Waals surface area (Å²) in [6, 6.07) is 19.9. The molecule has 1 atom stereocenters. The molecule has 0 spiro atoms. The van der Waals surface area contributed by atoms with Crippen LogP contribution in [0.15, 0.2) is 60.7 Å². The summed E-state index contributed by atoms with van der Waals surface area (Å²) in [7, 11) is 2.28. The molecule has 1 aliphatic carbocycles. The molecular weight excluding hydrogens is 389 g/mol. The van der Waals surface area contributed by atoms with Gasteiger partial charge in [-0.15, -0.1) is 24.8 Å². The Kier molecular flexibility index (Phi) is 5.30. The zero-order valence-corrected chi connectivity index (χ0v) is 18.6. The molecule has 1 aliphatic rings. The third kappa shape index (κ3) is 2.95. The Morgan fingerprint density at radius 2 is 1.62 bits per heavy atom. The maximum absolute atomic E-state index is 3.74. The third-order valence-electron chi connectivity index (χ3n) is 5.21. The second kappa shape index (κ2) is 6.51. The van der Waals surface area contributed by atoms with Gasteiger partial charge in [0.15, 0.2) is 0 Å². The van der Waals surface area contributed by atoms with Crippen molar-refractivity contribution in [3.63, 3.8) is 0 Å². The molecule has 2 aromatic carbocycles. The number of rotatable bonds is 2. The molecule has 1 N–H and O–H groups in total. The molecule has 3 aromatic rings. The number of allylic oxidation sites excluding steroid dienone is 1. The average molecular weight is 412 g/mol. The summed E-state index contributed by atoms with van der Waals surface area (Å²) in [4.78, 5) is 3.74. The van der Waals surface area contributed by atoms with Crippen LogP contribution >= 0.6 is 24.8 Å². The molecular formula is C19H23Cl2NSiTi. The number of H-pyrrole nitrogens is 1. The predicted octanol–water partition coefficient (Wildman–Crippen LogP) is 4.74. The van der Waals surface area contributed by atoms with Crippen LogP contribution in [0.5, 0.6) is 0 Å². The molecule has 0 radical (unpaired) electrons. The van der Waals surface area contributed by atoms with E-state index in [1.165, 1.54) is 26.0 Å². The van der Waals surface area contributed by atoms with Gasteiger partial charge in [0.2, 0.25) is 0 Å². The van der Waals surface area contributed by atoms with Crippen LogP contribution in [-0.4, -0.2) is 12.6 Å². The quantitative estimate of drug-likeness (QED) is 0.586. The molecule has 4 rings (SSSR count). The number of fused-ring (bicyclic) bond motifs is 2. The van der Waals surface area contributed by atoms with Crippen molar-refractivity contribution in [3.8, 4) is 0 Å². The van der Waals surface area contributed by atoms with E-state index >= 15 is 0 Å². The van der Waals surface area contributed by atoms with E-state index in [1.54, 1.807) is 0 Å². The van der Waals surface area contributed by atoms with Gasteiger partial charge in [0.1, 0.15) is 0 Å². The van der Waals surface area contributed by atoms with E-state index in [1.807, 2.05) is 0 Å². The van der Waals surface area contributed by atoms with Gasteiger partial charge in [0.05, 0.1) is 0 Å². The number of aromatic nitrogens is 1. The predicted molar refractivity (Wildman–Crippen MR) is 111 cm³/mol. The zero-order chi connectivity index (χ0) is 15.4. The molecule has 0 saturated heterocycles. The summed E-state index contributed by atoms with van der Waals surface area (Å²) < 4.78 is 2.06. The Labute approximate surface area is 158 Å². The van der Waals surface area contributed by atoms with E-state index in [0.29, 0.717) is 4.22 Å². The normalized spacial score (nSPS) is 16.4. The standard InChI is InChI=1S/C9H7.C8H6N.2CH3.2ClH.H2Si.Ti/c1-2-5-9-7-3-6-8(9)4-1;1-2-4-8-7(3-1)5-6-9-8;;;;;;/h1-7H;1-5,9H;2*1H3;2*1H;1H2;. The van der Waals surface area contributed by atoms with E-state index in [0.717, 1.165) is 0 Å². The van der Waals surface area contributed by atoms with Gasteiger partial charge in [-0.2, -0.15) is 0 Å². The molecule has 5 heteroatoms. The molecule has 0 bridgehead atoms. The Morgan fingerprint density at radius 1 is 0.958 bits per heavy atom. The number of hydrogen-bond acceptors (Lipinski definition) is 0. The topological polar surface area (TPSA) is 15.8 Å². The Hall–Kier alpha value is -0.769. The van der Waals surface area contributed by atoms with Crippen LogP contribution in [-0.2, 0) is 14.0 Å². The van der Waals surface area contributed by atoms with Gasteiger partial charge in [-0.1, -0.05) is 0 Å². The van der Waals surface area contributed by atoms with Crippen LogP contribution in [0.25, 0.3) is 17.0 Å². The zero-order valence-electron chi connectivity index (χ0n) is 14.0. The Balaban J connectivity index is 0.00000104. The SMILES string of the molecule is Cl.Cl.[CH3][Ti]([CH3])(=[SiH2])([c]1cc2ccccc2[nH]1)[CH]1C=Cc2ccccc21. The van der Waals surface area contributed by atoms with Gasteiger partial charge in [-0.3, -0.25) is 0 Å². The van der Waals surface area contributed by atoms with Gasteiger partial charge in [0.25, 0.3) is 0 Å². The fraction of sp³-hybridized carbons (Fsp3) is 0.158. The summed E-state index contributed by atoms with van der Waals surface area (Å²) in [6.07, 6.45) is 4.76. The molecule has 0 amide bonds. The van der Waals surface area contributed by atoms with E-state index in [-0.39, 0.29) is 24.8 Å². The van der Waals surface area contributed by atoms with Crippen LogP contribution in [0.2, 0.25) is 10.5 Å². The molecule has 24 heavy (non-hydrogen) atoms. The van der Waals surface area contributed by atoms with Crippen LogP contribution < -0.4 is 4.00 Å². The molecule has 0 saturated carbocycles. The van der Waals surface area contributed by atoms with Crippen LogP contribution in [0.4, 0.5) is 0 Å². The number of hydrogen-bond donors (Lipinski definition) is 1.